The van der Waals surface area contributed by atoms with Gasteiger partial charge in [-0.1, -0.05) is 0 Å². The minimum atomic E-state index is -0.262. The van der Waals surface area contributed by atoms with Crippen molar-refractivity contribution in [2.75, 3.05) is 5.73 Å². The third kappa shape index (κ3) is 3.01. The largest absolute Gasteiger partial charge is 0.466 e. The SMILES string of the molecule is Cc1cc(C(C)NC(=O)c2cc(Br)cnc2N)c(C)o1. The van der Waals surface area contributed by atoms with Crippen molar-refractivity contribution in [1.82, 2.24) is 10.3 Å². The Morgan fingerprint density at radius 1 is 1.45 bits per heavy atom. The van der Waals surface area contributed by atoms with Crippen molar-refractivity contribution < 1.29 is 9.21 Å². The Bertz CT molecular complexity index is 652. The second kappa shape index (κ2) is 5.66. The summed E-state index contributed by atoms with van der Waals surface area (Å²) in [6, 6.07) is 3.40. The highest BCUT2D eigenvalue weighted by Crippen LogP contribution is 2.22. The summed E-state index contributed by atoms with van der Waals surface area (Å²) in [6.07, 6.45) is 1.55. The summed E-state index contributed by atoms with van der Waals surface area (Å²) in [7, 11) is 0. The van der Waals surface area contributed by atoms with Crippen molar-refractivity contribution >= 4 is 27.7 Å². The van der Waals surface area contributed by atoms with E-state index < -0.39 is 0 Å². The molecule has 0 radical (unpaired) electrons. The average Bonchev–Trinajstić information content (AvgIpc) is 2.71. The molecule has 1 unspecified atom stereocenters. The highest BCUT2D eigenvalue weighted by molar-refractivity contribution is 9.10. The standard InChI is InChI=1S/C14H16BrN3O2/c1-7-4-11(9(3)20-7)8(2)18-14(19)12-5-10(15)6-17-13(12)16/h4-6,8H,1-3H3,(H2,16,17)(H,18,19). The lowest BCUT2D eigenvalue weighted by Gasteiger charge is -2.14. The maximum absolute atomic E-state index is 12.2. The highest BCUT2D eigenvalue weighted by Gasteiger charge is 2.18. The molecule has 0 aromatic carbocycles. The molecule has 6 heteroatoms. The van der Waals surface area contributed by atoms with Crippen LogP contribution in [0.4, 0.5) is 5.82 Å². The fourth-order valence-electron chi connectivity index (χ4n) is 2.06. The van der Waals surface area contributed by atoms with E-state index in [-0.39, 0.29) is 17.8 Å². The molecule has 20 heavy (non-hydrogen) atoms. The Morgan fingerprint density at radius 2 is 2.15 bits per heavy atom. The molecule has 0 fully saturated rings. The van der Waals surface area contributed by atoms with Gasteiger partial charge in [-0.3, -0.25) is 4.79 Å². The number of carbonyl (C=O) groups is 1. The number of nitrogen functional groups attached to an aromatic ring is 1. The fraction of sp³-hybridized carbons (Fsp3) is 0.286. The molecule has 2 aromatic rings. The lowest BCUT2D eigenvalue weighted by Crippen LogP contribution is -2.27. The summed E-state index contributed by atoms with van der Waals surface area (Å²) in [5, 5.41) is 2.89. The van der Waals surface area contributed by atoms with Crippen LogP contribution in [-0.2, 0) is 0 Å². The minimum Gasteiger partial charge on any atom is -0.466 e. The molecule has 0 saturated carbocycles. The second-order valence-corrected chi connectivity index (χ2v) is 5.57. The van der Waals surface area contributed by atoms with Gasteiger partial charge in [0, 0.05) is 16.2 Å². The predicted molar refractivity (Wildman–Crippen MR) is 80.4 cm³/mol. The number of nitrogens with zero attached hydrogens (tertiary/aromatic N) is 1. The molecule has 1 atom stereocenters. The van der Waals surface area contributed by atoms with Crippen molar-refractivity contribution in [2.24, 2.45) is 0 Å². The second-order valence-electron chi connectivity index (χ2n) is 4.65. The van der Waals surface area contributed by atoms with Gasteiger partial charge in [-0.25, -0.2) is 4.98 Å². The number of aryl methyl sites for hydroxylation is 2. The molecule has 1 amide bonds. The highest BCUT2D eigenvalue weighted by atomic mass is 79.9. The van der Waals surface area contributed by atoms with Gasteiger partial charge in [0.2, 0.25) is 0 Å². The van der Waals surface area contributed by atoms with Gasteiger partial charge in [-0.2, -0.15) is 0 Å². The lowest BCUT2D eigenvalue weighted by molar-refractivity contribution is 0.0940. The number of pyridine rings is 1. The zero-order valence-corrected chi connectivity index (χ0v) is 13.1. The van der Waals surface area contributed by atoms with Crippen LogP contribution in [0, 0.1) is 13.8 Å². The molecule has 106 valence electrons. The van der Waals surface area contributed by atoms with E-state index in [1.54, 1.807) is 12.3 Å². The zero-order valence-electron chi connectivity index (χ0n) is 11.5. The first-order valence-electron chi connectivity index (χ1n) is 6.17. The number of carbonyl (C=O) groups excluding carboxylic acids is 1. The molecule has 0 spiro atoms. The smallest absolute Gasteiger partial charge is 0.255 e. The van der Waals surface area contributed by atoms with E-state index >= 15 is 0 Å². The van der Waals surface area contributed by atoms with Crippen LogP contribution in [0.3, 0.4) is 0 Å². The Kier molecular flexibility index (Phi) is 4.13. The molecule has 2 rings (SSSR count). The van der Waals surface area contributed by atoms with Crippen LogP contribution in [0.15, 0.2) is 27.2 Å². The number of amides is 1. The Morgan fingerprint density at radius 3 is 2.75 bits per heavy atom. The number of nitrogens with one attached hydrogen (secondary N) is 1. The monoisotopic (exact) mass is 337 g/mol. The maximum atomic E-state index is 12.2. The van der Waals surface area contributed by atoms with Crippen LogP contribution in [0.25, 0.3) is 0 Å². The quantitative estimate of drug-likeness (QED) is 0.901. The zero-order chi connectivity index (χ0) is 14.9. The molecule has 0 saturated heterocycles. The third-order valence-corrected chi connectivity index (χ3v) is 3.46. The van der Waals surface area contributed by atoms with E-state index in [4.69, 9.17) is 10.2 Å². The van der Waals surface area contributed by atoms with Gasteiger partial charge in [0.1, 0.15) is 17.3 Å². The van der Waals surface area contributed by atoms with Crippen LogP contribution in [0.1, 0.15) is 40.4 Å². The molecule has 5 nitrogen and oxygen atoms in total. The summed E-state index contributed by atoms with van der Waals surface area (Å²) in [5.41, 5.74) is 7.03. The lowest BCUT2D eigenvalue weighted by atomic mass is 10.1. The molecule has 0 aliphatic heterocycles. The molecule has 0 aliphatic rings. The Balaban J connectivity index is 2.19. The van der Waals surface area contributed by atoms with E-state index in [1.165, 1.54) is 0 Å². The number of anilines is 1. The topological polar surface area (TPSA) is 81.2 Å². The summed E-state index contributed by atoms with van der Waals surface area (Å²) < 4.78 is 6.18. The first kappa shape index (κ1) is 14.6. The van der Waals surface area contributed by atoms with Crippen LogP contribution in [-0.4, -0.2) is 10.9 Å². The van der Waals surface area contributed by atoms with Crippen LogP contribution >= 0.6 is 15.9 Å². The van der Waals surface area contributed by atoms with Crippen molar-refractivity contribution in [1.29, 1.82) is 0 Å². The third-order valence-electron chi connectivity index (χ3n) is 3.02. The van der Waals surface area contributed by atoms with Crippen LogP contribution in [0.2, 0.25) is 0 Å². The maximum Gasteiger partial charge on any atom is 0.255 e. The van der Waals surface area contributed by atoms with Gasteiger partial charge in [0.05, 0.1) is 11.6 Å². The number of halogens is 1. The van der Waals surface area contributed by atoms with Gasteiger partial charge < -0.3 is 15.5 Å². The van der Waals surface area contributed by atoms with Gasteiger partial charge >= 0.3 is 0 Å². The number of hydrogen-bond acceptors (Lipinski definition) is 4. The predicted octanol–water partition coefficient (Wildman–Crippen LogP) is 3.13. The molecule has 2 heterocycles. The van der Waals surface area contributed by atoms with E-state index in [9.17, 15) is 4.79 Å². The van der Waals surface area contributed by atoms with Gasteiger partial charge in [-0.15, -0.1) is 0 Å². The molecule has 0 aliphatic carbocycles. The number of furan rings is 1. The number of nitrogens with two attached hydrogens (primary N) is 1. The summed E-state index contributed by atoms with van der Waals surface area (Å²) in [4.78, 5) is 16.2. The first-order chi connectivity index (χ1) is 9.38. The van der Waals surface area contributed by atoms with Gasteiger partial charge in [0.15, 0.2) is 0 Å². The van der Waals surface area contributed by atoms with Crippen molar-refractivity contribution in [2.45, 2.75) is 26.8 Å². The summed E-state index contributed by atoms with van der Waals surface area (Å²) in [5.74, 6) is 1.57. The number of hydrogen-bond donors (Lipinski definition) is 2. The Hall–Kier alpha value is -1.82. The van der Waals surface area contributed by atoms with E-state index in [1.807, 2.05) is 26.8 Å². The molecular weight excluding hydrogens is 322 g/mol. The fourth-order valence-corrected chi connectivity index (χ4v) is 2.40. The van der Waals surface area contributed by atoms with E-state index in [0.717, 1.165) is 17.1 Å². The summed E-state index contributed by atoms with van der Waals surface area (Å²) >= 11 is 3.28. The molecule has 0 bridgehead atoms. The average molecular weight is 338 g/mol. The minimum absolute atomic E-state index is 0.168. The van der Waals surface area contributed by atoms with Crippen molar-refractivity contribution in [3.63, 3.8) is 0 Å². The van der Waals surface area contributed by atoms with Crippen molar-refractivity contribution in [3.05, 3.63) is 45.4 Å². The Labute approximate surface area is 125 Å². The summed E-state index contributed by atoms with van der Waals surface area (Å²) in [6.45, 7) is 5.65. The molecular formula is C14H16BrN3O2. The van der Waals surface area contributed by atoms with Gasteiger partial charge in [0.25, 0.3) is 5.91 Å². The van der Waals surface area contributed by atoms with E-state index in [2.05, 4.69) is 26.2 Å². The molecule has 2 aromatic heterocycles. The number of aromatic nitrogens is 1. The van der Waals surface area contributed by atoms with Crippen LogP contribution in [0.5, 0.6) is 0 Å². The first-order valence-corrected chi connectivity index (χ1v) is 6.96. The van der Waals surface area contributed by atoms with E-state index in [0.29, 0.717) is 10.0 Å². The number of rotatable bonds is 3. The molecule has 3 N–H and O–H groups in total. The normalized spacial score (nSPS) is 12.2. The van der Waals surface area contributed by atoms with Crippen molar-refractivity contribution in [3.8, 4) is 0 Å². The van der Waals surface area contributed by atoms with Crippen LogP contribution < -0.4 is 11.1 Å². The van der Waals surface area contributed by atoms with Gasteiger partial charge in [-0.05, 0) is 48.8 Å².